The first kappa shape index (κ1) is 20.2. The summed E-state index contributed by atoms with van der Waals surface area (Å²) in [5.41, 5.74) is 2.08. The lowest BCUT2D eigenvalue weighted by molar-refractivity contribution is 0.0925. The normalized spacial score (nSPS) is 17.0. The molecule has 1 atom stereocenters. The summed E-state index contributed by atoms with van der Waals surface area (Å²) in [5.74, 6) is -0.119. The summed E-state index contributed by atoms with van der Waals surface area (Å²) in [6, 6.07) is 17.0. The van der Waals surface area contributed by atoms with Gasteiger partial charge in [0.15, 0.2) is 5.69 Å². The zero-order valence-electron chi connectivity index (χ0n) is 16.9. The lowest BCUT2D eigenvalue weighted by atomic mass is 9.97. The molecule has 0 radical (unpaired) electrons. The number of halogens is 1. The van der Waals surface area contributed by atoms with E-state index in [1.54, 1.807) is 24.4 Å². The second kappa shape index (κ2) is 9.63. The fourth-order valence-corrected chi connectivity index (χ4v) is 3.91. The van der Waals surface area contributed by atoms with Crippen LogP contribution in [0, 0.1) is 11.7 Å². The zero-order chi connectivity index (χ0) is 20.8. The number of nitrogens with one attached hydrogen (secondary N) is 1. The molecule has 0 bridgehead atoms. The van der Waals surface area contributed by atoms with E-state index < -0.39 is 0 Å². The van der Waals surface area contributed by atoms with Gasteiger partial charge in [-0.05, 0) is 36.9 Å². The van der Waals surface area contributed by atoms with Gasteiger partial charge >= 0.3 is 0 Å². The number of piperidine rings is 1. The van der Waals surface area contributed by atoms with Crippen LogP contribution in [-0.4, -0.2) is 45.4 Å². The molecule has 1 amide bonds. The van der Waals surface area contributed by atoms with Gasteiger partial charge in [0.1, 0.15) is 5.82 Å². The van der Waals surface area contributed by atoms with Gasteiger partial charge in [-0.2, -0.15) is 0 Å². The Balaban J connectivity index is 1.27. The lowest BCUT2D eigenvalue weighted by Crippen LogP contribution is -2.40. The molecule has 6 nitrogen and oxygen atoms in total. The van der Waals surface area contributed by atoms with Crippen molar-refractivity contribution in [3.8, 4) is 0 Å². The van der Waals surface area contributed by atoms with E-state index in [1.807, 2.05) is 6.07 Å². The topological polar surface area (TPSA) is 63.1 Å². The number of hydrogen-bond acceptors (Lipinski definition) is 4. The van der Waals surface area contributed by atoms with E-state index in [0.29, 0.717) is 18.0 Å². The van der Waals surface area contributed by atoms with Crippen molar-refractivity contribution in [3.05, 3.63) is 83.4 Å². The molecule has 1 aromatic heterocycles. The minimum Gasteiger partial charge on any atom is -0.350 e. The molecule has 156 valence electrons. The van der Waals surface area contributed by atoms with E-state index in [2.05, 4.69) is 44.8 Å². The predicted molar refractivity (Wildman–Crippen MR) is 112 cm³/mol. The first-order valence-corrected chi connectivity index (χ1v) is 10.4. The van der Waals surface area contributed by atoms with Crippen LogP contribution in [0.3, 0.4) is 0 Å². The smallest absolute Gasteiger partial charge is 0.273 e. The Kier molecular flexibility index (Phi) is 6.49. The molecular weight excluding hydrogens is 381 g/mol. The number of carbonyl (C=O) groups excluding carboxylic acids is 1. The van der Waals surface area contributed by atoms with E-state index in [1.165, 1.54) is 16.3 Å². The van der Waals surface area contributed by atoms with Gasteiger partial charge < -0.3 is 5.32 Å². The van der Waals surface area contributed by atoms with Crippen LogP contribution >= 0.6 is 0 Å². The minimum atomic E-state index is -0.295. The molecule has 4 rings (SSSR count). The van der Waals surface area contributed by atoms with Gasteiger partial charge in [-0.3, -0.25) is 9.69 Å². The summed E-state index contributed by atoms with van der Waals surface area (Å²) in [6.07, 6.45) is 3.79. The summed E-state index contributed by atoms with van der Waals surface area (Å²) in [4.78, 5) is 14.9. The molecule has 3 aromatic rings. The molecule has 1 N–H and O–H groups in total. The largest absolute Gasteiger partial charge is 0.350 e. The molecule has 30 heavy (non-hydrogen) atoms. The Morgan fingerprint density at radius 2 is 1.90 bits per heavy atom. The summed E-state index contributed by atoms with van der Waals surface area (Å²) in [5, 5.41) is 10.9. The van der Waals surface area contributed by atoms with Crippen molar-refractivity contribution >= 4 is 5.91 Å². The number of rotatable bonds is 7. The van der Waals surface area contributed by atoms with Crippen molar-refractivity contribution in [3.63, 3.8) is 0 Å². The summed E-state index contributed by atoms with van der Waals surface area (Å²) < 4.78 is 15.3. The molecule has 7 heteroatoms. The van der Waals surface area contributed by atoms with Crippen LogP contribution in [0.2, 0.25) is 0 Å². The number of likely N-dealkylation sites (tertiary alicyclic amines) is 1. The number of amides is 1. The van der Waals surface area contributed by atoms with Gasteiger partial charge in [0.2, 0.25) is 0 Å². The fraction of sp³-hybridized carbons (Fsp3) is 0.348. The van der Waals surface area contributed by atoms with Crippen LogP contribution in [-0.2, 0) is 13.1 Å². The van der Waals surface area contributed by atoms with Gasteiger partial charge in [0.05, 0.1) is 12.7 Å². The first-order chi connectivity index (χ1) is 14.7. The maximum atomic E-state index is 13.8. The fourth-order valence-electron chi connectivity index (χ4n) is 3.91. The van der Waals surface area contributed by atoms with Crippen molar-refractivity contribution in [2.24, 2.45) is 5.92 Å². The van der Waals surface area contributed by atoms with E-state index in [0.717, 1.165) is 32.5 Å². The van der Waals surface area contributed by atoms with Crippen LogP contribution in [0.15, 0.2) is 60.8 Å². The second-order valence-corrected chi connectivity index (χ2v) is 7.83. The molecule has 2 aromatic carbocycles. The number of benzene rings is 2. The summed E-state index contributed by atoms with van der Waals surface area (Å²) in [7, 11) is 0. The van der Waals surface area contributed by atoms with E-state index in [4.69, 9.17) is 0 Å². The van der Waals surface area contributed by atoms with Crippen molar-refractivity contribution in [1.82, 2.24) is 25.2 Å². The monoisotopic (exact) mass is 407 g/mol. The highest BCUT2D eigenvalue weighted by atomic mass is 19.1. The van der Waals surface area contributed by atoms with Gasteiger partial charge in [0.25, 0.3) is 5.91 Å². The highest BCUT2D eigenvalue weighted by Crippen LogP contribution is 2.18. The molecule has 2 heterocycles. The van der Waals surface area contributed by atoms with Gasteiger partial charge in [-0.25, -0.2) is 9.07 Å². The van der Waals surface area contributed by atoms with Crippen LogP contribution in [0.5, 0.6) is 0 Å². The quantitative estimate of drug-likeness (QED) is 0.654. The number of nitrogens with zero attached hydrogens (tertiary/aromatic N) is 4. The van der Waals surface area contributed by atoms with Gasteiger partial charge in [-0.1, -0.05) is 53.7 Å². The molecule has 1 aliphatic rings. The number of aromatic nitrogens is 3. The van der Waals surface area contributed by atoms with E-state index in [9.17, 15) is 9.18 Å². The molecule has 1 saturated heterocycles. The molecular formula is C23H26FN5O. The summed E-state index contributed by atoms with van der Waals surface area (Å²) >= 11 is 0. The Labute approximate surface area is 175 Å². The molecule has 0 saturated carbocycles. The predicted octanol–water partition coefficient (Wildman–Crippen LogP) is 3.11. The van der Waals surface area contributed by atoms with Crippen molar-refractivity contribution in [1.29, 1.82) is 0 Å². The van der Waals surface area contributed by atoms with Crippen molar-refractivity contribution < 1.29 is 9.18 Å². The van der Waals surface area contributed by atoms with Crippen molar-refractivity contribution in [2.45, 2.75) is 25.9 Å². The van der Waals surface area contributed by atoms with Crippen LogP contribution in [0.25, 0.3) is 0 Å². The molecule has 1 fully saturated rings. The number of hydrogen-bond donors (Lipinski definition) is 1. The van der Waals surface area contributed by atoms with Crippen LogP contribution < -0.4 is 5.32 Å². The minimum absolute atomic E-state index is 0.240. The SMILES string of the molecule is O=C(NCC1CCCN(Cc2ccccc2)C1)c1cn(Cc2ccccc2F)nn1. The third-order valence-corrected chi connectivity index (χ3v) is 5.46. The molecule has 1 aliphatic heterocycles. The Hall–Kier alpha value is -3.06. The van der Waals surface area contributed by atoms with Crippen molar-refractivity contribution in [2.75, 3.05) is 19.6 Å². The first-order valence-electron chi connectivity index (χ1n) is 10.4. The maximum absolute atomic E-state index is 13.8. The average molecular weight is 407 g/mol. The Morgan fingerprint density at radius 1 is 1.10 bits per heavy atom. The lowest BCUT2D eigenvalue weighted by Gasteiger charge is -2.32. The van der Waals surface area contributed by atoms with Crippen LogP contribution in [0.1, 0.15) is 34.5 Å². The average Bonchev–Trinajstić information content (AvgIpc) is 3.23. The molecule has 1 unspecified atom stereocenters. The zero-order valence-corrected chi connectivity index (χ0v) is 16.9. The van der Waals surface area contributed by atoms with Crippen LogP contribution in [0.4, 0.5) is 4.39 Å². The number of carbonyl (C=O) groups is 1. The standard InChI is InChI=1S/C23H26FN5O/c24-21-11-5-4-10-20(21)16-29-17-22(26-27-29)23(30)25-13-19-9-6-12-28(15-19)14-18-7-2-1-3-8-18/h1-5,7-8,10-11,17,19H,6,9,12-16H2,(H,25,30). The molecule has 0 aliphatic carbocycles. The highest BCUT2D eigenvalue weighted by molar-refractivity contribution is 5.91. The van der Waals surface area contributed by atoms with E-state index in [-0.39, 0.29) is 24.0 Å². The third kappa shape index (κ3) is 5.30. The Bertz CT molecular complexity index is 974. The second-order valence-electron chi connectivity index (χ2n) is 7.83. The van der Waals surface area contributed by atoms with Gasteiger partial charge in [0, 0.05) is 25.2 Å². The maximum Gasteiger partial charge on any atom is 0.273 e. The third-order valence-electron chi connectivity index (χ3n) is 5.46. The highest BCUT2D eigenvalue weighted by Gasteiger charge is 2.21. The summed E-state index contributed by atoms with van der Waals surface area (Å²) in [6.45, 7) is 3.85. The van der Waals surface area contributed by atoms with E-state index >= 15 is 0 Å². The molecule has 0 spiro atoms. The van der Waals surface area contributed by atoms with Gasteiger partial charge in [-0.15, -0.1) is 5.10 Å². The Morgan fingerprint density at radius 3 is 2.73 bits per heavy atom.